The van der Waals surface area contributed by atoms with Gasteiger partial charge >= 0.3 is 8.80 Å². The van der Waals surface area contributed by atoms with Crippen molar-refractivity contribution in [3.8, 4) is 0 Å². The van der Waals surface area contributed by atoms with Gasteiger partial charge < -0.3 is 18.2 Å². The average molecular weight is 285 g/mol. The molecule has 110 valence electrons. The molecule has 0 bridgehead atoms. The SMILES string of the molecule is CCO[Si](CCCN1C=CC=CC1)(OCC)OCC. The van der Waals surface area contributed by atoms with Gasteiger partial charge in [0.15, 0.2) is 0 Å². The number of hydrogen-bond acceptors (Lipinski definition) is 4. The molecule has 0 amide bonds. The van der Waals surface area contributed by atoms with Crippen molar-refractivity contribution in [1.82, 2.24) is 4.90 Å². The molecule has 4 nitrogen and oxygen atoms in total. The molecular weight excluding hydrogens is 258 g/mol. The van der Waals surface area contributed by atoms with E-state index >= 15 is 0 Å². The quantitative estimate of drug-likeness (QED) is 0.578. The monoisotopic (exact) mass is 285 g/mol. The molecule has 0 fully saturated rings. The Kier molecular flexibility index (Phi) is 8.05. The molecule has 0 aliphatic carbocycles. The normalized spacial score (nSPS) is 15.2. The van der Waals surface area contributed by atoms with Gasteiger partial charge in [0.2, 0.25) is 0 Å². The highest BCUT2D eigenvalue weighted by atomic mass is 28.4. The molecule has 0 aromatic carbocycles. The van der Waals surface area contributed by atoms with E-state index in [2.05, 4.69) is 29.3 Å². The lowest BCUT2D eigenvalue weighted by Crippen LogP contribution is -2.46. The molecule has 1 heterocycles. The van der Waals surface area contributed by atoms with Crippen molar-refractivity contribution >= 4 is 8.80 Å². The van der Waals surface area contributed by atoms with Crippen LogP contribution in [0.5, 0.6) is 0 Å². The second-order valence-electron chi connectivity index (χ2n) is 4.35. The Balaban J connectivity index is 2.41. The molecular formula is C14H27NO3Si. The molecule has 0 atom stereocenters. The third-order valence-electron chi connectivity index (χ3n) is 2.91. The average Bonchev–Trinajstić information content (AvgIpc) is 2.41. The first-order valence-electron chi connectivity index (χ1n) is 7.25. The molecule has 1 aliphatic rings. The summed E-state index contributed by atoms with van der Waals surface area (Å²) < 4.78 is 17.5. The summed E-state index contributed by atoms with van der Waals surface area (Å²) in [6.07, 6.45) is 9.48. The summed E-state index contributed by atoms with van der Waals surface area (Å²) in [5.41, 5.74) is 0. The van der Waals surface area contributed by atoms with Gasteiger partial charge in [-0.3, -0.25) is 0 Å². The lowest BCUT2D eigenvalue weighted by atomic mass is 10.3. The van der Waals surface area contributed by atoms with Crippen LogP contribution in [-0.2, 0) is 13.3 Å². The van der Waals surface area contributed by atoms with Crippen molar-refractivity contribution in [3.63, 3.8) is 0 Å². The van der Waals surface area contributed by atoms with Gasteiger partial charge in [-0.2, -0.15) is 0 Å². The van der Waals surface area contributed by atoms with E-state index in [1.54, 1.807) is 0 Å². The molecule has 0 aromatic rings. The Bertz CT molecular complexity index is 277. The topological polar surface area (TPSA) is 30.9 Å². The number of rotatable bonds is 10. The van der Waals surface area contributed by atoms with Crippen molar-refractivity contribution in [1.29, 1.82) is 0 Å². The third kappa shape index (κ3) is 5.91. The van der Waals surface area contributed by atoms with E-state index in [0.29, 0.717) is 19.8 Å². The minimum absolute atomic E-state index is 0.651. The van der Waals surface area contributed by atoms with Gasteiger partial charge in [-0.1, -0.05) is 12.2 Å². The van der Waals surface area contributed by atoms with E-state index in [0.717, 1.165) is 25.6 Å². The Morgan fingerprint density at radius 3 is 2.11 bits per heavy atom. The molecule has 0 saturated carbocycles. The fourth-order valence-electron chi connectivity index (χ4n) is 2.17. The Morgan fingerprint density at radius 2 is 1.63 bits per heavy atom. The van der Waals surface area contributed by atoms with Gasteiger partial charge in [-0.25, -0.2) is 0 Å². The zero-order valence-corrected chi connectivity index (χ0v) is 13.4. The van der Waals surface area contributed by atoms with Crippen molar-refractivity contribution in [2.45, 2.75) is 33.2 Å². The molecule has 1 aliphatic heterocycles. The highest BCUT2D eigenvalue weighted by molar-refractivity contribution is 6.60. The van der Waals surface area contributed by atoms with E-state index < -0.39 is 8.80 Å². The summed E-state index contributed by atoms with van der Waals surface area (Å²) >= 11 is 0. The summed E-state index contributed by atoms with van der Waals surface area (Å²) in [7, 11) is -2.45. The molecule has 0 N–H and O–H groups in total. The van der Waals surface area contributed by atoms with Crippen molar-refractivity contribution in [2.75, 3.05) is 32.9 Å². The summed E-state index contributed by atoms with van der Waals surface area (Å²) in [5.74, 6) is 0. The fraction of sp³-hybridized carbons (Fsp3) is 0.714. The van der Waals surface area contributed by atoms with E-state index in [4.69, 9.17) is 13.3 Å². The first kappa shape index (κ1) is 16.4. The summed E-state index contributed by atoms with van der Waals surface area (Å²) in [6.45, 7) is 9.95. The van der Waals surface area contributed by atoms with Crippen LogP contribution in [0.2, 0.25) is 6.04 Å². The van der Waals surface area contributed by atoms with Crippen molar-refractivity contribution < 1.29 is 13.3 Å². The maximum Gasteiger partial charge on any atom is 0.500 e. The van der Waals surface area contributed by atoms with Crippen LogP contribution in [0.1, 0.15) is 27.2 Å². The molecule has 0 saturated heterocycles. The minimum Gasteiger partial charge on any atom is -0.374 e. The molecule has 5 heteroatoms. The number of hydrogen-bond donors (Lipinski definition) is 0. The van der Waals surface area contributed by atoms with Gasteiger partial charge in [-0.15, -0.1) is 0 Å². The highest BCUT2D eigenvalue weighted by Gasteiger charge is 2.39. The molecule has 0 spiro atoms. The van der Waals surface area contributed by atoms with Crippen molar-refractivity contribution in [3.05, 3.63) is 24.4 Å². The predicted octanol–water partition coefficient (Wildman–Crippen LogP) is 2.81. The van der Waals surface area contributed by atoms with Crippen LogP contribution in [0.15, 0.2) is 24.4 Å². The van der Waals surface area contributed by atoms with Crippen LogP contribution in [-0.4, -0.2) is 46.6 Å². The van der Waals surface area contributed by atoms with E-state index in [1.807, 2.05) is 20.8 Å². The van der Waals surface area contributed by atoms with Crippen LogP contribution in [0, 0.1) is 0 Å². The maximum atomic E-state index is 5.84. The minimum atomic E-state index is -2.45. The van der Waals surface area contributed by atoms with E-state index in [9.17, 15) is 0 Å². The van der Waals surface area contributed by atoms with Gasteiger partial charge in [0.25, 0.3) is 0 Å². The largest absolute Gasteiger partial charge is 0.500 e. The maximum absolute atomic E-state index is 5.84. The van der Waals surface area contributed by atoms with Gasteiger partial charge in [0.05, 0.1) is 0 Å². The van der Waals surface area contributed by atoms with Crippen LogP contribution < -0.4 is 0 Å². The Labute approximate surface area is 118 Å². The van der Waals surface area contributed by atoms with Crippen LogP contribution in [0.4, 0.5) is 0 Å². The Morgan fingerprint density at radius 1 is 1.00 bits per heavy atom. The van der Waals surface area contributed by atoms with Gasteiger partial charge in [-0.05, 0) is 39.5 Å². The molecule has 0 aromatic heterocycles. The zero-order chi connectivity index (χ0) is 14.0. The van der Waals surface area contributed by atoms with Gasteiger partial charge in [0.1, 0.15) is 0 Å². The van der Waals surface area contributed by atoms with Crippen LogP contribution in [0.25, 0.3) is 0 Å². The first-order valence-corrected chi connectivity index (χ1v) is 9.18. The zero-order valence-electron chi connectivity index (χ0n) is 12.4. The second kappa shape index (κ2) is 9.31. The number of allylic oxidation sites excluding steroid dienone is 2. The molecule has 0 radical (unpaired) electrons. The molecule has 19 heavy (non-hydrogen) atoms. The number of nitrogens with zero attached hydrogens (tertiary/aromatic N) is 1. The molecule has 1 rings (SSSR count). The highest BCUT2D eigenvalue weighted by Crippen LogP contribution is 2.18. The van der Waals surface area contributed by atoms with Gasteiger partial charge in [0, 0.05) is 39.0 Å². The van der Waals surface area contributed by atoms with Crippen LogP contribution in [0.3, 0.4) is 0 Å². The fourth-order valence-corrected chi connectivity index (χ4v) is 4.77. The smallest absolute Gasteiger partial charge is 0.374 e. The van der Waals surface area contributed by atoms with E-state index in [-0.39, 0.29) is 0 Å². The van der Waals surface area contributed by atoms with E-state index in [1.165, 1.54) is 0 Å². The molecule has 0 unspecified atom stereocenters. The first-order chi connectivity index (χ1) is 9.26. The van der Waals surface area contributed by atoms with Crippen LogP contribution >= 0.6 is 0 Å². The standard InChI is InChI=1S/C14H27NO3Si/c1-4-16-19(17-5-2,18-6-3)14-10-13-15-11-8-7-9-12-15/h7-9,11H,4-6,10,12-14H2,1-3H3. The summed E-state index contributed by atoms with van der Waals surface area (Å²) in [5, 5.41) is 0. The lowest BCUT2D eigenvalue weighted by molar-refractivity contribution is 0.0703. The Hall–Kier alpha value is -0.623. The summed E-state index contributed by atoms with van der Waals surface area (Å²) in [4.78, 5) is 2.29. The predicted molar refractivity (Wildman–Crippen MR) is 79.9 cm³/mol. The summed E-state index contributed by atoms with van der Waals surface area (Å²) in [6, 6.07) is 0.885. The van der Waals surface area contributed by atoms with Crippen molar-refractivity contribution in [2.24, 2.45) is 0 Å². The second-order valence-corrected chi connectivity index (χ2v) is 7.08. The third-order valence-corrected chi connectivity index (χ3v) is 6.06. The lowest BCUT2D eigenvalue weighted by Gasteiger charge is -2.29.